The second kappa shape index (κ2) is 4.45. The van der Waals surface area contributed by atoms with E-state index >= 15 is 0 Å². The summed E-state index contributed by atoms with van der Waals surface area (Å²) >= 11 is 0. The molecule has 2 aromatic rings. The number of nitrogen functional groups attached to an aromatic ring is 1. The molecule has 0 bridgehead atoms. The number of imidazole rings is 1. The van der Waals surface area contributed by atoms with Crippen LogP contribution in [0.4, 0.5) is 11.6 Å². The smallest absolute Gasteiger partial charge is 0.180 e. The minimum Gasteiger partial charge on any atom is -0.351 e. The van der Waals surface area contributed by atoms with E-state index in [-0.39, 0.29) is 0 Å². The summed E-state index contributed by atoms with van der Waals surface area (Å²) in [5.41, 5.74) is 3.51. The number of anilines is 2. The molecule has 0 aliphatic carbocycles. The van der Waals surface area contributed by atoms with Gasteiger partial charge in [-0.25, -0.2) is 15.8 Å². The molecule has 6 nitrogen and oxygen atoms in total. The first-order chi connectivity index (χ1) is 8.79. The molecular weight excluding hydrogens is 228 g/mol. The Morgan fingerprint density at radius 1 is 1.44 bits per heavy atom. The van der Waals surface area contributed by atoms with Crippen molar-refractivity contribution >= 4 is 17.3 Å². The molecule has 3 heterocycles. The first-order valence-electron chi connectivity index (χ1n) is 6.36. The number of rotatable bonds is 2. The molecule has 96 valence electrons. The predicted octanol–water partition coefficient (Wildman–Crippen LogP) is 1.39. The molecule has 1 aliphatic rings. The van der Waals surface area contributed by atoms with Crippen molar-refractivity contribution in [3.8, 4) is 0 Å². The third-order valence-corrected chi connectivity index (χ3v) is 3.58. The van der Waals surface area contributed by atoms with Gasteiger partial charge in [-0.3, -0.25) is 0 Å². The summed E-state index contributed by atoms with van der Waals surface area (Å²) in [6.45, 7) is 3.27. The number of nitrogens with zero attached hydrogens (tertiary/aromatic N) is 4. The van der Waals surface area contributed by atoms with Gasteiger partial charge in [0.25, 0.3) is 0 Å². The SMILES string of the molecule is CC1CCCCN1c1nc(NN)cn2ccnc12. The Hall–Kier alpha value is -1.82. The molecule has 1 atom stereocenters. The van der Waals surface area contributed by atoms with Crippen molar-refractivity contribution in [1.82, 2.24) is 14.4 Å². The molecule has 1 fully saturated rings. The zero-order valence-electron chi connectivity index (χ0n) is 10.5. The van der Waals surface area contributed by atoms with Crippen LogP contribution < -0.4 is 16.2 Å². The van der Waals surface area contributed by atoms with Crippen molar-refractivity contribution in [3.05, 3.63) is 18.6 Å². The Labute approximate surface area is 106 Å². The van der Waals surface area contributed by atoms with Gasteiger partial charge in [-0.05, 0) is 26.2 Å². The monoisotopic (exact) mass is 246 g/mol. The van der Waals surface area contributed by atoms with Crippen molar-refractivity contribution < 1.29 is 0 Å². The summed E-state index contributed by atoms with van der Waals surface area (Å²) in [5.74, 6) is 7.06. The molecule has 0 saturated carbocycles. The maximum absolute atomic E-state index is 5.48. The molecule has 1 aliphatic heterocycles. The van der Waals surface area contributed by atoms with Gasteiger partial charge in [0.05, 0.1) is 6.20 Å². The van der Waals surface area contributed by atoms with Crippen LogP contribution in [0.2, 0.25) is 0 Å². The molecule has 0 aromatic carbocycles. The summed E-state index contributed by atoms with van der Waals surface area (Å²) in [7, 11) is 0. The average Bonchev–Trinajstić information content (AvgIpc) is 2.86. The molecule has 1 unspecified atom stereocenters. The van der Waals surface area contributed by atoms with Crippen LogP contribution in [0.15, 0.2) is 18.6 Å². The maximum Gasteiger partial charge on any atom is 0.180 e. The van der Waals surface area contributed by atoms with Crippen LogP contribution in [-0.4, -0.2) is 27.0 Å². The van der Waals surface area contributed by atoms with Gasteiger partial charge in [-0.2, -0.15) is 0 Å². The predicted molar refractivity (Wildman–Crippen MR) is 71.5 cm³/mol. The van der Waals surface area contributed by atoms with Gasteiger partial charge in [0.1, 0.15) is 0 Å². The zero-order valence-corrected chi connectivity index (χ0v) is 10.5. The van der Waals surface area contributed by atoms with E-state index in [2.05, 4.69) is 27.2 Å². The summed E-state index contributed by atoms with van der Waals surface area (Å²) in [5, 5.41) is 0. The number of nitrogens with two attached hydrogens (primary N) is 1. The first-order valence-corrected chi connectivity index (χ1v) is 6.36. The highest BCUT2D eigenvalue weighted by atomic mass is 15.3. The number of fused-ring (bicyclic) bond motifs is 1. The first kappa shape index (κ1) is 11.3. The lowest BCUT2D eigenvalue weighted by Crippen LogP contribution is -2.38. The molecule has 3 rings (SSSR count). The fourth-order valence-electron chi connectivity index (χ4n) is 2.59. The van der Waals surface area contributed by atoms with Crippen LogP contribution in [0.5, 0.6) is 0 Å². The summed E-state index contributed by atoms with van der Waals surface area (Å²) in [6, 6.07) is 0.500. The highest BCUT2D eigenvalue weighted by Gasteiger charge is 2.22. The molecule has 0 amide bonds. The van der Waals surface area contributed by atoms with Gasteiger partial charge < -0.3 is 14.7 Å². The van der Waals surface area contributed by atoms with Crippen LogP contribution in [0, 0.1) is 0 Å². The number of nitrogens with one attached hydrogen (secondary N) is 1. The van der Waals surface area contributed by atoms with Crippen molar-refractivity contribution in [2.75, 3.05) is 16.9 Å². The summed E-state index contributed by atoms with van der Waals surface area (Å²) in [6.07, 6.45) is 9.25. The van der Waals surface area contributed by atoms with E-state index in [4.69, 9.17) is 5.84 Å². The normalized spacial score (nSPS) is 20.3. The number of piperidine rings is 1. The molecular formula is C12H18N6. The van der Waals surface area contributed by atoms with Crippen LogP contribution >= 0.6 is 0 Å². The van der Waals surface area contributed by atoms with Crippen LogP contribution in [0.3, 0.4) is 0 Å². The van der Waals surface area contributed by atoms with Gasteiger partial charge in [-0.15, -0.1) is 0 Å². The molecule has 1 saturated heterocycles. The van der Waals surface area contributed by atoms with Crippen molar-refractivity contribution in [1.29, 1.82) is 0 Å². The molecule has 6 heteroatoms. The average molecular weight is 246 g/mol. The van der Waals surface area contributed by atoms with E-state index in [1.165, 1.54) is 19.3 Å². The topological polar surface area (TPSA) is 71.5 Å². The lowest BCUT2D eigenvalue weighted by molar-refractivity contribution is 0.482. The van der Waals surface area contributed by atoms with E-state index in [0.717, 1.165) is 18.0 Å². The highest BCUT2D eigenvalue weighted by molar-refractivity contribution is 5.67. The minimum atomic E-state index is 0.500. The van der Waals surface area contributed by atoms with Gasteiger partial charge in [0, 0.05) is 25.0 Å². The Bertz CT molecular complexity index is 548. The highest BCUT2D eigenvalue weighted by Crippen LogP contribution is 2.27. The second-order valence-corrected chi connectivity index (χ2v) is 4.79. The third kappa shape index (κ3) is 1.78. The van der Waals surface area contributed by atoms with Crippen LogP contribution in [0.1, 0.15) is 26.2 Å². The number of hydrogen-bond donors (Lipinski definition) is 2. The van der Waals surface area contributed by atoms with E-state index in [1.807, 2.05) is 16.8 Å². The summed E-state index contributed by atoms with van der Waals surface area (Å²) in [4.78, 5) is 11.3. The second-order valence-electron chi connectivity index (χ2n) is 4.79. The summed E-state index contributed by atoms with van der Waals surface area (Å²) < 4.78 is 1.96. The fourth-order valence-corrected chi connectivity index (χ4v) is 2.59. The zero-order chi connectivity index (χ0) is 12.5. The van der Waals surface area contributed by atoms with Gasteiger partial charge >= 0.3 is 0 Å². The van der Waals surface area contributed by atoms with Crippen LogP contribution in [-0.2, 0) is 0 Å². The van der Waals surface area contributed by atoms with E-state index in [1.54, 1.807) is 6.20 Å². The quantitative estimate of drug-likeness (QED) is 0.619. The lowest BCUT2D eigenvalue weighted by atomic mass is 10.0. The Kier molecular flexibility index (Phi) is 2.79. The number of hydrazine groups is 1. The van der Waals surface area contributed by atoms with Crippen LogP contribution in [0.25, 0.3) is 5.65 Å². The molecule has 0 radical (unpaired) electrons. The van der Waals surface area contributed by atoms with Gasteiger partial charge in [0.2, 0.25) is 0 Å². The fraction of sp³-hybridized carbons (Fsp3) is 0.500. The van der Waals surface area contributed by atoms with E-state index in [9.17, 15) is 0 Å². The number of hydrogen-bond acceptors (Lipinski definition) is 5. The molecule has 2 aromatic heterocycles. The Balaban J connectivity index is 2.10. The largest absolute Gasteiger partial charge is 0.351 e. The van der Waals surface area contributed by atoms with Gasteiger partial charge in [-0.1, -0.05) is 0 Å². The van der Waals surface area contributed by atoms with Crippen molar-refractivity contribution in [2.45, 2.75) is 32.2 Å². The molecule has 18 heavy (non-hydrogen) atoms. The minimum absolute atomic E-state index is 0.500. The van der Waals surface area contributed by atoms with Crippen molar-refractivity contribution in [3.63, 3.8) is 0 Å². The Morgan fingerprint density at radius 3 is 3.11 bits per heavy atom. The third-order valence-electron chi connectivity index (χ3n) is 3.58. The molecule has 3 N–H and O–H groups in total. The standard InChI is InChI=1S/C12H18N6/c1-9-4-2-3-6-18(9)12-11-14-5-7-17(11)8-10(15-12)16-13/h5,7-9,16H,2-4,6,13H2,1H3. The van der Waals surface area contributed by atoms with E-state index < -0.39 is 0 Å². The maximum atomic E-state index is 5.48. The van der Waals surface area contributed by atoms with E-state index in [0.29, 0.717) is 11.9 Å². The molecule has 0 spiro atoms. The number of aromatic nitrogens is 3. The van der Waals surface area contributed by atoms with Gasteiger partial charge in [0.15, 0.2) is 17.3 Å². The Morgan fingerprint density at radius 2 is 2.33 bits per heavy atom. The van der Waals surface area contributed by atoms with Crippen molar-refractivity contribution in [2.24, 2.45) is 5.84 Å². The lowest BCUT2D eigenvalue weighted by Gasteiger charge is -2.34.